The van der Waals surface area contributed by atoms with Gasteiger partial charge in [-0.05, 0) is 0 Å². The first-order chi connectivity index (χ1) is 1.73. The molecule has 0 rings (SSSR count). The third-order valence-electron chi connectivity index (χ3n) is 0. The summed E-state index contributed by atoms with van der Waals surface area (Å²) in [6.45, 7) is 1.08. The first-order valence-electron chi connectivity index (χ1n) is 0.928. The Balaban J connectivity index is -0.0000000450. The summed E-state index contributed by atoms with van der Waals surface area (Å²) < 4.78 is 0. The van der Waals surface area contributed by atoms with E-state index in [0.29, 0.717) is 0 Å². The van der Waals surface area contributed by atoms with Gasteiger partial charge in [-0.15, -0.1) is 0 Å². The van der Waals surface area contributed by atoms with Gasteiger partial charge >= 0.3 is 0 Å². The Morgan fingerprint density at radius 1 is 1.67 bits per heavy atom. The van der Waals surface area contributed by atoms with Crippen LogP contribution >= 0.6 is 0 Å². The molecule has 6 heavy (non-hydrogen) atoms. The Kier molecular flexibility index (Phi) is 24.5. The van der Waals surface area contributed by atoms with E-state index in [0.717, 1.165) is 6.92 Å². The van der Waals surface area contributed by atoms with E-state index in [4.69, 9.17) is 9.90 Å². The summed E-state index contributed by atoms with van der Waals surface area (Å²) in [7, 11) is 0. The van der Waals surface area contributed by atoms with Crippen molar-refractivity contribution < 1.29 is 52.4 Å². The van der Waals surface area contributed by atoms with Gasteiger partial charge in [-0.3, -0.25) is 4.79 Å². The molecule has 0 aromatic heterocycles. The first-order valence-corrected chi connectivity index (χ1v) is 0.928. The van der Waals surface area contributed by atoms with Gasteiger partial charge in [0.25, 0.3) is 5.97 Å². The molecule has 0 saturated heterocycles. The second-order valence-corrected chi connectivity index (χ2v) is 0.519. The van der Waals surface area contributed by atoms with Crippen molar-refractivity contribution in [3.8, 4) is 0 Å². The zero-order valence-corrected chi connectivity index (χ0v) is 6.87. The third kappa shape index (κ3) is 98.0. The average Bonchev–Trinajstić information content (AvgIpc) is 0.811. The smallest absolute Gasteiger partial charge is 0.300 e. The molecule has 44 valence electrons. The van der Waals surface area contributed by atoms with Crippen LogP contribution < -0.4 is 0 Å². The molecule has 0 aliphatic carbocycles. The second kappa shape index (κ2) is 9.29. The molecule has 0 amide bonds. The molecule has 0 aromatic carbocycles. The molecular formula is C2H4AgIrO2. The van der Waals surface area contributed by atoms with E-state index in [9.17, 15) is 0 Å². The van der Waals surface area contributed by atoms with E-state index in [1.54, 1.807) is 0 Å². The van der Waals surface area contributed by atoms with Crippen LogP contribution in [0.2, 0.25) is 0 Å². The van der Waals surface area contributed by atoms with E-state index in [1.165, 1.54) is 0 Å². The number of carboxylic acid groups (broad SMARTS) is 1. The van der Waals surface area contributed by atoms with Crippen molar-refractivity contribution in [3.05, 3.63) is 0 Å². The Morgan fingerprint density at radius 2 is 1.67 bits per heavy atom. The summed E-state index contributed by atoms with van der Waals surface area (Å²) in [5.41, 5.74) is 0. The molecule has 0 saturated carbocycles. The number of aliphatic carboxylic acids is 1. The van der Waals surface area contributed by atoms with Crippen molar-refractivity contribution in [1.82, 2.24) is 0 Å². The van der Waals surface area contributed by atoms with E-state index < -0.39 is 5.97 Å². The molecule has 1 N–H and O–H groups in total. The van der Waals surface area contributed by atoms with E-state index >= 15 is 0 Å². The van der Waals surface area contributed by atoms with Gasteiger partial charge in [-0.25, -0.2) is 0 Å². The van der Waals surface area contributed by atoms with Crippen molar-refractivity contribution in [3.63, 3.8) is 0 Å². The maximum absolute atomic E-state index is 9.00. The molecule has 0 aliphatic heterocycles. The van der Waals surface area contributed by atoms with Crippen LogP contribution in [0, 0.1) is 0 Å². The van der Waals surface area contributed by atoms with E-state index in [1.807, 2.05) is 0 Å². The monoisotopic (exact) mass is 360 g/mol. The minimum atomic E-state index is -0.833. The van der Waals surface area contributed by atoms with Crippen LogP contribution in [0.3, 0.4) is 0 Å². The van der Waals surface area contributed by atoms with E-state index in [2.05, 4.69) is 0 Å². The zero-order chi connectivity index (χ0) is 3.58. The minimum Gasteiger partial charge on any atom is -0.481 e. The largest absolute Gasteiger partial charge is 0.481 e. The van der Waals surface area contributed by atoms with Crippen LogP contribution in [0.4, 0.5) is 0 Å². The summed E-state index contributed by atoms with van der Waals surface area (Å²) >= 11 is 0. The van der Waals surface area contributed by atoms with E-state index in [-0.39, 0.29) is 42.5 Å². The summed E-state index contributed by atoms with van der Waals surface area (Å²) in [4.78, 5) is 9.00. The third-order valence-corrected chi connectivity index (χ3v) is 0. The quantitative estimate of drug-likeness (QED) is 0.622. The topological polar surface area (TPSA) is 37.3 Å². The minimum absolute atomic E-state index is 0. The van der Waals surface area contributed by atoms with Crippen LogP contribution in [0.15, 0.2) is 0 Å². The molecule has 0 aromatic rings. The summed E-state index contributed by atoms with van der Waals surface area (Å²) in [6.07, 6.45) is 0. The van der Waals surface area contributed by atoms with Gasteiger partial charge in [0.1, 0.15) is 0 Å². The second-order valence-electron chi connectivity index (χ2n) is 0.519. The zero-order valence-electron chi connectivity index (χ0n) is 2.99. The average molecular weight is 360 g/mol. The fraction of sp³-hybridized carbons (Fsp3) is 0.500. The van der Waals surface area contributed by atoms with Crippen molar-refractivity contribution in [1.29, 1.82) is 0 Å². The Bertz CT molecular complexity index is 34.5. The molecule has 4 heteroatoms. The molecule has 0 bridgehead atoms. The van der Waals surface area contributed by atoms with Gasteiger partial charge < -0.3 is 5.11 Å². The summed E-state index contributed by atoms with van der Waals surface area (Å²) in [5, 5.41) is 7.42. The normalized spacial score (nSPS) is 4.17. The van der Waals surface area contributed by atoms with Crippen molar-refractivity contribution in [2.24, 2.45) is 0 Å². The van der Waals surface area contributed by atoms with Crippen molar-refractivity contribution in [2.45, 2.75) is 6.92 Å². The Morgan fingerprint density at radius 3 is 1.67 bits per heavy atom. The molecule has 2 radical (unpaired) electrons. The molecule has 0 heterocycles. The van der Waals surface area contributed by atoms with Gasteiger partial charge in [0.05, 0.1) is 0 Å². The van der Waals surface area contributed by atoms with Crippen molar-refractivity contribution >= 4 is 5.97 Å². The molecular weight excluding hydrogens is 356 g/mol. The first kappa shape index (κ1) is 15.8. The SMILES string of the molecule is CC(=O)O.[Ag].[Ir]. The molecule has 0 spiro atoms. The van der Waals surface area contributed by atoms with Crippen LogP contribution in [0.5, 0.6) is 0 Å². The van der Waals surface area contributed by atoms with Crippen molar-refractivity contribution in [2.75, 3.05) is 0 Å². The molecule has 2 nitrogen and oxygen atoms in total. The number of rotatable bonds is 0. The van der Waals surface area contributed by atoms with Gasteiger partial charge in [0, 0.05) is 49.4 Å². The van der Waals surface area contributed by atoms with Crippen LogP contribution in [-0.4, -0.2) is 11.1 Å². The number of carbonyl (C=O) groups is 1. The van der Waals surface area contributed by atoms with Crippen LogP contribution in [-0.2, 0) is 47.3 Å². The number of hydrogen-bond acceptors (Lipinski definition) is 1. The number of carboxylic acids is 1. The molecule has 0 aliphatic rings. The Labute approximate surface area is 65.2 Å². The maximum Gasteiger partial charge on any atom is 0.300 e. The maximum atomic E-state index is 9.00. The van der Waals surface area contributed by atoms with Gasteiger partial charge in [-0.2, -0.15) is 0 Å². The van der Waals surface area contributed by atoms with Gasteiger partial charge in [-0.1, -0.05) is 0 Å². The fourth-order valence-corrected chi connectivity index (χ4v) is 0. The van der Waals surface area contributed by atoms with Crippen LogP contribution in [0.1, 0.15) is 6.92 Å². The molecule has 0 unspecified atom stereocenters. The predicted molar refractivity (Wildman–Crippen MR) is 13.3 cm³/mol. The summed E-state index contributed by atoms with van der Waals surface area (Å²) in [6, 6.07) is 0. The standard InChI is InChI=1S/C2H4O2.Ag.Ir/c1-2(3)4;;/h1H3,(H,3,4);;. The summed E-state index contributed by atoms with van der Waals surface area (Å²) in [5.74, 6) is -0.833. The predicted octanol–water partition coefficient (Wildman–Crippen LogP) is 0.0859. The number of hydrogen-bond donors (Lipinski definition) is 1. The van der Waals surface area contributed by atoms with Gasteiger partial charge in [0.15, 0.2) is 0 Å². The van der Waals surface area contributed by atoms with Crippen LogP contribution in [0.25, 0.3) is 0 Å². The molecule has 0 atom stereocenters. The Hall–Kier alpha value is 0.860. The fourth-order valence-electron chi connectivity index (χ4n) is 0. The molecule has 0 fully saturated rings. The van der Waals surface area contributed by atoms with Gasteiger partial charge in [0.2, 0.25) is 0 Å².